The van der Waals surface area contributed by atoms with Crippen molar-refractivity contribution >= 4 is 23.4 Å². The summed E-state index contributed by atoms with van der Waals surface area (Å²) in [6.07, 6.45) is 3.44. The Morgan fingerprint density at radius 1 is 1.47 bits per heavy atom. The fourth-order valence-corrected chi connectivity index (χ4v) is 1.61. The third kappa shape index (κ3) is 2.33. The second-order valence-electron chi connectivity index (χ2n) is 2.91. The van der Waals surface area contributed by atoms with Crippen LogP contribution in [0.25, 0.3) is 11.6 Å². The Labute approximate surface area is 90.5 Å². The molecule has 0 saturated carbocycles. The third-order valence-electron chi connectivity index (χ3n) is 1.90. The molecule has 0 aliphatic rings. The summed E-state index contributed by atoms with van der Waals surface area (Å²) in [5, 5.41) is 5.48. The van der Waals surface area contributed by atoms with Crippen molar-refractivity contribution in [2.45, 2.75) is 0 Å². The molecule has 6 heteroatoms. The van der Waals surface area contributed by atoms with E-state index in [0.717, 1.165) is 4.57 Å². The molecule has 2 N–H and O–H groups in total. The minimum atomic E-state index is -0.417. The highest BCUT2D eigenvalue weighted by atomic mass is 32.2. The summed E-state index contributed by atoms with van der Waals surface area (Å²) in [5.74, 6) is 0. The number of nitrogens with zero attached hydrogens (tertiary/aromatic N) is 1. The molecule has 0 fully saturated rings. The molecule has 0 radical (unpaired) electrons. The van der Waals surface area contributed by atoms with Crippen LogP contribution in [0.1, 0.15) is 0 Å². The van der Waals surface area contributed by atoms with Gasteiger partial charge in [-0.3, -0.25) is 9.36 Å². The van der Waals surface area contributed by atoms with Gasteiger partial charge in [-0.15, -0.1) is 11.8 Å². The first-order valence-electron chi connectivity index (χ1n) is 4.31. The van der Waals surface area contributed by atoms with Gasteiger partial charge >= 0.3 is 5.69 Å². The molecule has 15 heavy (non-hydrogen) atoms. The first-order chi connectivity index (χ1) is 7.11. The van der Waals surface area contributed by atoms with E-state index in [1.165, 1.54) is 18.8 Å². The van der Waals surface area contributed by atoms with Crippen LogP contribution in [0.3, 0.4) is 0 Å². The van der Waals surface area contributed by atoms with E-state index in [-0.39, 0.29) is 5.56 Å². The lowest BCUT2D eigenvalue weighted by atomic mass is 10.4. The van der Waals surface area contributed by atoms with Gasteiger partial charge in [-0.2, -0.15) is 0 Å². The van der Waals surface area contributed by atoms with Gasteiger partial charge in [0.05, 0.1) is 10.6 Å². The molecule has 0 atom stereocenters. The average Bonchev–Trinajstić information content (AvgIpc) is 2.21. The van der Waals surface area contributed by atoms with Crippen LogP contribution in [0.15, 0.2) is 9.59 Å². The summed E-state index contributed by atoms with van der Waals surface area (Å²) in [6, 6.07) is 0. The van der Waals surface area contributed by atoms with Gasteiger partial charge in [0, 0.05) is 20.3 Å². The van der Waals surface area contributed by atoms with Crippen LogP contribution in [-0.2, 0) is 7.05 Å². The molecule has 1 aromatic rings. The lowest BCUT2D eigenvalue weighted by Crippen LogP contribution is -2.53. The summed E-state index contributed by atoms with van der Waals surface area (Å²) in [4.78, 5) is 25.7. The van der Waals surface area contributed by atoms with Crippen LogP contribution in [0, 0.1) is 0 Å². The summed E-state index contributed by atoms with van der Waals surface area (Å²) in [7, 11) is 3.15. The summed E-state index contributed by atoms with van der Waals surface area (Å²) < 4.78 is 1.05. The number of aromatic nitrogens is 2. The number of thioether (sulfide) groups is 1. The second-order valence-corrected chi connectivity index (χ2v) is 3.62. The summed E-state index contributed by atoms with van der Waals surface area (Å²) in [5.41, 5.74) is -0.714. The third-order valence-corrected chi connectivity index (χ3v) is 2.37. The molecular weight excluding hydrogens is 214 g/mol. The minimum Gasteiger partial charge on any atom is -0.392 e. The number of rotatable bonds is 2. The Kier molecular flexibility index (Phi) is 3.79. The molecule has 82 valence electrons. The molecule has 1 aromatic heterocycles. The molecule has 0 aliphatic carbocycles. The first kappa shape index (κ1) is 11.6. The monoisotopic (exact) mass is 227 g/mol. The van der Waals surface area contributed by atoms with Gasteiger partial charge < -0.3 is 10.3 Å². The van der Waals surface area contributed by atoms with E-state index in [1.807, 2.05) is 6.26 Å². The molecule has 1 heterocycles. The smallest absolute Gasteiger partial charge is 0.328 e. The molecular formula is C9H13N3O2S. The predicted molar refractivity (Wildman–Crippen MR) is 63.1 cm³/mol. The highest BCUT2D eigenvalue weighted by Crippen LogP contribution is 1.87. The van der Waals surface area contributed by atoms with Gasteiger partial charge in [-0.25, -0.2) is 4.79 Å². The second kappa shape index (κ2) is 4.88. The van der Waals surface area contributed by atoms with Crippen LogP contribution < -0.4 is 27.1 Å². The summed E-state index contributed by atoms with van der Waals surface area (Å²) >= 11 is 1.42. The van der Waals surface area contributed by atoms with Gasteiger partial charge in [-0.05, 0) is 11.7 Å². The van der Waals surface area contributed by atoms with Gasteiger partial charge in [-0.1, -0.05) is 0 Å². The molecule has 0 spiro atoms. The highest BCUT2D eigenvalue weighted by molar-refractivity contribution is 8.05. The van der Waals surface area contributed by atoms with E-state index >= 15 is 0 Å². The van der Waals surface area contributed by atoms with Crippen molar-refractivity contribution < 1.29 is 0 Å². The fourth-order valence-electron chi connectivity index (χ4n) is 1.14. The van der Waals surface area contributed by atoms with E-state index in [4.69, 9.17) is 0 Å². The van der Waals surface area contributed by atoms with Crippen molar-refractivity contribution in [1.82, 2.24) is 14.9 Å². The van der Waals surface area contributed by atoms with Crippen molar-refractivity contribution in [1.29, 1.82) is 0 Å². The van der Waals surface area contributed by atoms with Crippen LogP contribution in [-0.4, -0.2) is 22.9 Å². The van der Waals surface area contributed by atoms with Gasteiger partial charge in [0.1, 0.15) is 0 Å². The first-order valence-corrected chi connectivity index (χ1v) is 5.60. The Bertz CT molecular complexity index is 570. The number of aromatic amines is 1. The van der Waals surface area contributed by atoms with Crippen molar-refractivity contribution in [3.63, 3.8) is 0 Å². The zero-order chi connectivity index (χ0) is 11.4. The number of nitrogens with one attached hydrogen (secondary N) is 2. The average molecular weight is 227 g/mol. The molecule has 0 amide bonds. The molecule has 0 saturated heterocycles. The van der Waals surface area contributed by atoms with E-state index < -0.39 is 5.69 Å². The molecule has 1 rings (SSSR count). The zero-order valence-electron chi connectivity index (χ0n) is 8.83. The molecule has 0 aromatic carbocycles. The summed E-state index contributed by atoms with van der Waals surface area (Å²) in [6.45, 7) is 0. The van der Waals surface area contributed by atoms with Crippen molar-refractivity contribution in [3.05, 3.63) is 31.4 Å². The van der Waals surface area contributed by atoms with E-state index in [9.17, 15) is 9.59 Å². The van der Waals surface area contributed by atoms with Crippen molar-refractivity contribution in [3.8, 4) is 0 Å². The Hall–Kier alpha value is -1.43. The SMILES string of the molecule is CN/C=c1/[nH]c(=O)n(C)c(=O)/c1=C/SC. The van der Waals surface area contributed by atoms with Crippen LogP contribution in [0.2, 0.25) is 0 Å². The van der Waals surface area contributed by atoms with Crippen molar-refractivity contribution in [2.75, 3.05) is 13.3 Å². The van der Waals surface area contributed by atoms with Gasteiger partial charge in [0.2, 0.25) is 0 Å². The molecule has 0 unspecified atom stereocenters. The fraction of sp³-hybridized carbons (Fsp3) is 0.333. The molecule has 0 aliphatic heterocycles. The molecule has 0 bridgehead atoms. The van der Waals surface area contributed by atoms with E-state index in [2.05, 4.69) is 10.3 Å². The maximum Gasteiger partial charge on any atom is 0.328 e. The standard InChI is InChI=1S/C9H13N3O2S/c1-10-4-7-6(5-15-3)8(13)12(2)9(14)11-7/h4-5,10H,1-3H3,(H,11,14)/b6-5+,7-4+. The lowest BCUT2D eigenvalue weighted by molar-refractivity contribution is 0.756. The number of hydrogen-bond donors (Lipinski definition) is 2. The Balaban J connectivity index is 3.84. The highest BCUT2D eigenvalue weighted by Gasteiger charge is 1.99. The normalized spacial score (nSPS) is 13.3. The maximum atomic E-state index is 11.7. The maximum absolute atomic E-state index is 11.7. The Morgan fingerprint density at radius 3 is 2.67 bits per heavy atom. The van der Waals surface area contributed by atoms with E-state index in [1.54, 1.807) is 18.7 Å². The lowest BCUT2D eigenvalue weighted by Gasteiger charge is -1.96. The number of hydrogen-bond acceptors (Lipinski definition) is 4. The minimum absolute atomic E-state index is 0.297. The topological polar surface area (TPSA) is 66.9 Å². The van der Waals surface area contributed by atoms with Crippen molar-refractivity contribution in [2.24, 2.45) is 7.05 Å². The number of H-pyrrole nitrogens is 1. The zero-order valence-corrected chi connectivity index (χ0v) is 9.64. The largest absolute Gasteiger partial charge is 0.392 e. The van der Waals surface area contributed by atoms with Crippen LogP contribution in [0.4, 0.5) is 0 Å². The quantitative estimate of drug-likeness (QED) is 0.621. The van der Waals surface area contributed by atoms with E-state index in [0.29, 0.717) is 10.6 Å². The predicted octanol–water partition coefficient (Wildman–Crippen LogP) is -1.87. The van der Waals surface area contributed by atoms with Crippen LogP contribution in [0.5, 0.6) is 0 Å². The Morgan fingerprint density at radius 2 is 2.13 bits per heavy atom. The van der Waals surface area contributed by atoms with Gasteiger partial charge in [0.15, 0.2) is 0 Å². The van der Waals surface area contributed by atoms with Gasteiger partial charge in [0.25, 0.3) is 5.56 Å². The van der Waals surface area contributed by atoms with Crippen LogP contribution >= 0.6 is 11.8 Å². The molecule has 5 nitrogen and oxygen atoms in total.